The number of nitrogens with zero attached hydrogens (tertiary/aromatic N) is 4. The Labute approximate surface area is 122 Å². The zero-order valence-corrected chi connectivity index (χ0v) is 11.7. The highest BCUT2D eigenvalue weighted by molar-refractivity contribution is 5.37. The van der Waals surface area contributed by atoms with Gasteiger partial charge in [-0.2, -0.15) is 10.2 Å². The van der Waals surface area contributed by atoms with Crippen LogP contribution in [0.3, 0.4) is 0 Å². The first-order valence-electron chi connectivity index (χ1n) is 6.87. The summed E-state index contributed by atoms with van der Waals surface area (Å²) in [7, 11) is 0. The largest absolute Gasteiger partial charge is 0.339 e. The van der Waals surface area contributed by atoms with E-state index in [0.29, 0.717) is 23.8 Å². The molecule has 6 heteroatoms. The number of rotatable bonds is 3. The lowest BCUT2D eigenvalue weighted by Crippen LogP contribution is -2.20. The fraction of sp³-hybridized carbons (Fsp3) is 0.400. The van der Waals surface area contributed by atoms with Gasteiger partial charge in [0.1, 0.15) is 5.82 Å². The van der Waals surface area contributed by atoms with E-state index >= 15 is 0 Å². The highest BCUT2D eigenvalue weighted by Gasteiger charge is 2.28. The molecule has 0 aliphatic carbocycles. The topological polar surface area (TPSA) is 66.0 Å². The fourth-order valence-electron chi connectivity index (χ4n) is 2.70. The van der Waals surface area contributed by atoms with Crippen molar-refractivity contribution in [2.45, 2.75) is 25.8 Å². The molecule has 21 heavy (non-hydrogen) atoms. The molecule has 0 amide bonds. The van der Waals surface area contributed by atoms with E-state index in [1.165, 1.54) is 18.2 Å². The summed E-state index contributed by atoms with van der Waals surface area (Å²) in [6.45, 7) is 4.01. The number of hydrogen-bond acceptors (Lipinski definition) is 5. The molecule has 1 aliphatic heterocycles. The van der Waals surface area contributed by atoms with Gasteiger partial charge in [-0.3, -0.25) is 4.90 Å². The van der Waals surface area contributed by atoms with Crippen molar-refractivity contribution in [3.63, 3.8) is 0 Å². The molecular formula is C15H15FN4O. The van der Waals surface area contributed by atoms with Crippen LogP contribution in [0.4, 0.5) is 4.39 Å². The molecule has 108 valence electrons. The fourth-order valence-corrected chi connectivity index (χ4v) is 2.70. The molecule has 0 N–H and O–H groups in total. The molecule has 1 aromatic heterocycles. The highest BCUT2D eigenvalue weighted by Crippen LogP contribution is 2.27. The summed E-state index contributed by atoms with van der Waals surface area (Å²) >= 11 is 0. The Kier molecular flexibility index (Phi) is 3.67. The van der Waals surface area contributed by atoms with Crippen LogP contribution in [-0.2, 0) is 6.54 Å². The number of nitriles is 1. The van der Waals surface area contributed by atoms with Crippen molar-refractivity contribution in [2.24, 2.45) is 0 Å². The zero-order chi connectivity index (χ0) is 14.8. The SMILES string of the molecule is Cc1noc([C@@H]2CCN(Cc3cc(F)ccc3C#N)C2)n1. The van der Waals surface area contributed by atoms with E-state index in [0.717, 1.165) is 25.1 Å². The number of hydrogen-bond donors (Lipinski definition) is 0. The van der Waals surface area contributed by atoms with Gasteiger partial charge in [-0.15, -0.1) is 0 Å². The smallest absolute Gasteiger partial charge is 0.231 e. The van der Waals surface area contributed by atoms with Gasteiger partial charge in [0.05, 0.1) is 17.6 Å². The molecule has 1 aliphatic rings. The van der Waals surface area contributed by atoms with Crippen molar-refractivity contribution in [3.8, 4) is 6.07 Å². The van der Waals surface area contributed by atoms with Crippen LogP contribution >= 0.6 is 0 Å². The van der Waals surface area contributed by atoms with Gasteiger partial charge in [0, 0.05) is 13.1 Å². The van der Waals surface area contributed by atoms with Gasteiger partial charge in [0.15, 0.2) is 5.82 Å². The first-order valence-corrected chi connectivity index (χ1v) is 6.87. The quantitative estimate of drug-likeness (QED) is 0.866. The maximum atomic E-state index is 13.3. The van der Waals surface area contributed by atoms with Crippen LogP contribution in [0, 0.1) is 24.1 Å². The molecule has 1 fully saturated rings. The normalized spacial score (nSPS) is 18.8. The molecule has 0 saturated carbocycles. The van der Waals surface area contributed by atoms with Crippen molar-refractivity contribution in [3.05, 3.63) is 46.9 Å². The maximum absolute atomic E-state index is 13.3. The second kappa shape index (κ2) is 5.62. The first kappa shape index (κ1) is 13.7. The minimum atomic E-state index is -0.313. The van der Waals surface area contributed by atoms with Gasteiger partial charge < -0.3 is 4.52 Å². The van der Waals surface area contributed by atoms with Crippen molar-refractivity contribution in [2.75, 3.05) is 13.1 Å². The summed E-state index contributed by atoms with van der Waals surface area (Å²) in [5, 5.41) is 12.9. The minimum Gasteiger partial charge on any atom is -0.339 e. The molecule has 1 aromatic carbocycles. The average Bonchev–Trinajstić information content (AvgIpc) is 3.08. The Morgan fingerprint density at radius 3 is 3.10 bits per heavy atom. The lowest BCUT2D eigenvalue weighted by Gasteiger charge is -2.16. The molecule has 0 radical (unpaired) electrons. The molecule has 2 aromatic rings. The molecule has 0 bridgehead atoms. The van der Waals surface area contributed by atoms with Gasteiger partial charge in [0.25, 0.3) is 0 Å². The van der Waals surface area contributed by atoms with E-state index in [-0.39, 0.29) is 11.7 Å². The van der Waals surface area contributed by atoms with Crippen LogP contribution in [0.15, 0.2) is 22.7 Å². The van der Waals surface area contributed by atoms with Gasteiger partial charge in [-0.1, -0.05) is 5.16 Å². The van der Waals surface area contributed by atoms with Gasteiger partial charge >= 0.3 is 0 Å². The second-order valence-electron chi connectivity index (χ2n) is 5.31. The number of aromatic nitrogens is 2. The first-order chi connectivity index (χ1) is 10.2. The summed E-state index contributed by atoms with van der Waals surface area (Å²) in [5.74, 6) is 1.20. The predicted molar refractivity (Wildman–Crippen MR) is 72.8 cm³/mol. The maximum Gasteiger partial charge on any atom is 0.231 e. The molecule has 1 saturated heterocycles. The summed E-state index contributed by atoms with van der Waals surface area (Å²) < 4.78 is 18.6. The number of benzene rings is 1. The highest BCUT2D eigenvalue weighted by atomic mass is 19.1. The summed E-state index contributed by atoms with van der Waals surface area (Å²) in [4.78, 5) is 6.45. The van der Waals surface area contributed by atoms with E-state index in [2.05, 4.69) is 21.1 Å². The Bertz CT molecular complexity index is 691. The minimum absolute atomic E-state index is 0.213. The van der Waals surface area contributed by atoms with E-state index in [1.54, 1.807) is 6.92 Å². The van der Waals surface area contributed by atoms with Crippen LogP contribution in [0.25, 0.3) is 0 Å². The van der Waals surface area contributed by atoms with E-state index in [9.17, 15) is 4.39 Å². The van der Waals surface area contributed by atoms with Crippen molar-refractivity contribution in [1.29, 1.82) is 5.26 Å². The van der Waals surface area contributed by atoms with Crippen molar-refractivity contribution in [1.82, 2.24) is 15.0 Å². The molecule has 5 nitrogen and oxygen atoms in total. The van der Waals surface area contributed by atoms with Gasteiger partial charge in [-0.05, 0) is 43.7 Å². The van der Waals surface area contributed by atoms with E-state index in [4.69, 9.17) is 9.78 Å². The third-order valence-corrected chi connectivity index (χ3v) is 3.75. The van der Waals surface area contributed by atoms with Gasteiger partial charge in [0.2, 0.25) is 5.89 Å². The molecule has 0 spiro atoms. The van der Waals surface area contributed by atoms with Crippen LogP contribution in [-0.4, -0.2) is 28.1 Å². The van der Waals surface area contributed by atoms with E-state index < -0.39 is 0 Å². The Morgan fingerprint density at radius 2 is 2.38 bits per heavy atom. The Hall–Kier alpha value is -2.26. The lowest BCUT2D eigenvalue weighted by molar-refractivity contribution is 0.308. The lowest BCUT2D eigenvalue weighted by atomic mass is 10.1. The molecule has 1 atom stereocenters. The van der Waals surface area contributed by atoms with E-state index in [1.807, 2.05) is 0 Å². The second-order valence-corrected chi connectivity index (χ2v) is 5.31. The third kappa shape index (κ3) is 2.93. The van der Waals surface area contributed by atoms with Crippen LogP contribution in [0.5, 0.6) is 0 Å². The standard InChI is InChI=1S/C15H15FN4O/c1-10-18-15(21-19-10)12-4-5-20(8-12)9-13-6-14(16)3-2-11(13)7-17/h2-3,6,12H,4-5,8-9H2,1H3/t12-/m1/s1. The Balaban J connectivity index is 1.70. The third-order valence-electron chi connectivity index (χ3n) is 3.75. The molecule has 0 unspecified atom stereocenters. The molecule has 3 rings (SSSR count). The summed E-state index contributed by atoms with van der Waals surface area (Å²) in [6.07, 6.45) is 0.929. The summed E-state index contributed by atoms with van der Waals surface area (Å²) in [5.41, 5.74) is 1.24. The van der Waals surface area contributed by atoms with Crippen molar-refractivity contribution < 1.29 is 8.91 Å². The number of likely N-dealkylation sites (tertiary alicyclic amines) is 1. The summed E-state index contributed by atoms with van der Waals surface area (Å²) in [6, 6.07) is 6.38. The van der Waals surface area contributed by atoms with Crippen LogP contribution in [0.2, 0.25) is 0 Å². The molecule has 2 heterocycles. The molecular weight excluding hydrogens is 271 g/mol. The number of halogens is 1. The monoisotopic (exact) mass is 286 g/mol. The number of aryl methyl sites for hydroxylation is 1. The Morgan fingerprint density at radius 1 is 1.52 bits per heavy atom. The average molecular weight is 286 g/mol. The zero-order valence-electron chi connectivity index (χ0n) is 11.7. The van der Waals surface area contributed by atoms with Gasteiger partial charge in [-0.25, -0.2) is 4.39 Å². The van der Waals surface area contributed by atoms with Crippen LogP contribution in [0.1, 0.15) is 35.2 Å². The van der Waals surface area contributed by atoms with Crippen molar-refractivity contribution >= 4 is 0 Å². The van der Waals surface area contributed by atoms with Crippen LogP contribution < -0.4 is 0 Å². The predicted octanol–water partition coefficient (Wildman–Crippen LogP) is 2.38.